The fourth-order valence-corrected chi connectivity index (χ4v) is 3.16. The second-order valence-corrected chi connectivity index (χ2v) is 6.87. The third-order valence-corrected chi connectivity index (χ3v) is 4.77. The predicted molar refractivity (Wildman–Crippen MR) is 111 cm³/mol. The van der Waals surface area contributed by atoms with Crippen molar-refractivity contribution < 1.29 is 18.6 Å². The second-order valence-electron chi connectivity index (χ2n) is 6.87. The van der Waals surface area contributed by atoms with E-state index in [9.17, 15) is 9.65 Å². The minimum absolute atomic E-state index is 0.0313. The fourth-order valence-electron chi connectivity index (χ4n) is 3.16. The number of ether oxygens (including phenoxy) is 3. The van der Waals surface area contributed by atoms with Crippen LogP contribution in [0.3, 0.4) is 0 Å². The van der Waals surface area contributed by atoms with Gasteiger partial charge in [0, 0.05) is 19.2 Å². The number of benzene rings is 2. The molecule has 2 aromatic carbocycles. The third-order valence-electron chi connectivity index (χ3n) is 4.77. The number of pyridine rings is 1. The van der Waals surface area contributed by atoms with Crippen LogP contribution < -0.4 is 9.47 Å². The molecule has 30 heavy (non-hydrogen) atoms. The van der Waals surface area contributed by atoms with Gasteiger partial charge in [-0.05, 0) is 54.3 Å². The molecule has 3 aromatic rings. The molecule has 0 aliphatic heterocycles. The molecule has 0 atom stereocenters. The minimum Gasteiger partial charge on any atom is -0.486 e. The molecular formula is C24H23FN2O3. The zero-order valence-corrected chi connectivity index (χ0v) is 17.2. The molecule has 154 valence electrons. The van der Waals surface area contributed by atoms with Crippen molar-refractivity contribution in [1.29, 1.82) is 5.26 Å². The number of rotatable bonds is 8. The molecule has 0 amide bonds. The highest BCUT2D eigenvalue weighted by Gasteiger charge is 2.16. The van der Waals surface area contributed by atoms with E-state index in [0.29, 0.717) is 30.0 Å². The lowest BCUT2D eigenvalue weighted by Gasteiger charge is -2.16. The second kappa shape index (κ2) is 9.86. The number of nitrogens with zero attached hydrogens (tertiary/aromatic N) is 2. The van der Waals surface area contributed by atoms with Crippen LogP contribution in [0.25, 0.3) is 0 Å². The van der Waals surface area contributed by atoms with Gasteiger partial charge in [-0.25, -0.2) is 9.37 Å². The van der Waals surface area contributed by atoms with Gasteiger partial charge >= 0.3 is 0 Å². The van der Waals surface area contributed by atoms with E-state index in [1.54, 1.807) is 25.1 Å². The van der Waals surface area contributed by atoms with Crippen molar-refractivity contribution in [2.45, 2.75) is 26.9 Å². The summed E-state index contributed by atoms with van der Waals surface area (Å²) in [5, 5.41) is 9.34. The van der Waals surface area contributed by atoms with Crippen LogP contribution in [0.1, 0.15) is 33.6 Å². The van der Waals surface area contributed by atoms with Crippen molar-refractivity contribution in [2.24, 2.45) is 0 Å². The molecule has 0 aliphatic carbocycles. The van der Waals surface area contributed by atoms with Crippen LogP contribution in [-0.4, -0.2) is 18.9 Å². The van der Waals surface area contributed by atoms with Gasteiger partial charge in [0.25, 0.3) is 0 Å². The van der Waals surface area contributed by atoms with Gasteiger partial charge in [-0.15, -0.1) is 0 Å². The maximum absolute atomic E-state index is 15.0. The van der Waals surface area contributed by atoms with Crippen LogP contribution in [-0.2, 0) is 17.8 Å². The van der Waals surface area contributed by atoms with Gasteiger partial charge in [-0.1, -0.05) is 30.3 Å². The Bertz CT molecular complexity index is 1060. The first-order valence-corrected chi connectivity index (χ1v) is 9.50. The largest absolute Gasteiger partial charge is 0.486 e. The van der Waals surface area contributed by atoms with E-state index in [2.05, 4.69) is 4.98 Å². The molecule has 0 spiro atoms. The van der Waals surface area contributed by atoms with Crippen molar-refractivity contribution in [2.75, 3.05) is 13.9 Å². The van der Waals surface area contributed by atoms with E-state index in [4.69, 9.17) is 14.2 Å². The summed E-state index contributed by atoms with van der Waals surface area (Å²) < 4.78 is 30.9. The molecule has 0 N–H and O–H groups in total. The summed E-state index contributed by atoms with van der Waals surface area (Å²) in [5.41, 5.74) is 4.03. The first kappa shape index (κ1) is 21.3. The maximum Gasteiger partial charge on any atom is 0.188 e. The Balaban J connectivity index is 1.81. The normalized spacial score (nSPS) is 10.5. The fraction of sp³-hybridized carbons (Fsp3) is 0.250. The standard InChI is InChI=1S/C24H23FN2O3/c1-16-11-23(29-14-18-7-5-4-6-8-18)24(25)17(2)20(16)12-19-9-10-22(30-15-28-3)21(13-26)27-19/h4-11H,12,14-15H2,1-3H3. The number of hydrogen-bond donors (Lipinski definition) is 0. The molecule has 0 fully saturated rings. The minimum atomic E-state index is -0.382. The van der Waals surface area contributed by atoms with Crippen LogP contribution in [0.4, 0.5) is 4.39 Å². The third kappa shape index (κ3) is 4.94. The number of methoxy groups -OCH3 is 1. The van der Waals surface area contributed by atoms with E-state index >= 15 is 0 Å². The van der Waals surface area contributed by atoms with E-state index in [1.165, 1.54) is 7.11 Å². The molecule has 0 bridgehead atoms. The SMILES string of the molecule is COCOc1ccc(Cc2c(C)cc(OCc3ccccc3)c(F)c2C)nc1C#N. The van der Waals surface area contributed by atoms with Crippen molar-refractivity contribution in [3.63, 3.8) is 0 Å². The molecule has 6 heteroatoms. The smallest absolute Gasteiger partial charge is 0.188 e. The van der Waals surface area contributed by atoms with E-state index in [-0.39, 0.29) is 24.1 Å². The van der Waals surface area contributed by atoms with Crippen molar-refractivity contribution >= 4 is 0 Å². The summed E-state index contributed by atoms with van der Waals surface area (Å²) in [6.07, 6.45) is 0.396. The zero-order valence-electron chi connectivity index (χ0n) is 17.2. The Morgan fingerprint density at radius 1 is 1.03 bits per heavy atom. The Morgan fingerprint density at radius 2 is 1.80 bits per heavy atom. The lowest BCUT2D eigenvalue weighted by Crippen LogP contribution is -2.06. The van der Waals surface area contributed by atoms with Gasteiger partial charge < -0.3 is 14.2 Å². The van der Waals surface area contributed by atoms with E-state index in [1.807, 2.05) is 43.3 Å². The monoisotopic (exact) mass is 406 g/mol. The summed E-state index contributed by atoms with van der Waals surface area (Å²) in [6, 6.07) is 16.8. The first-order chi connectivity index (χ1) is 14.5. The first-order valence-electron chi connectivity index (χ1n) is 9.50. The average Bonchev–Trinajstić information content (AvgIpc) is 2.77. The van der Waals surface area contributed by atoms with E-state index in [0.717, 1.165) is 16.7 Å². The van der Waals surface area contributed by atoms with Crippen molar-refractivity contribution in [1.82, 2.24) is 4.98 Å². The predicted octanol–water partition coefficient (Wildman–Crippen LogP) is 4.86. The zero-order chi connectivity index (χ0) is 21.5. The number of nitriles is 1. The topological polar surface area (TPSA) is 64.4 Å². The van der Waals surface area contributed by atoms with Gasteiger partial charge in [0.05, 0.1) is 0 Å². The Labute approximate surface area is 175 Å². The molecule has 0 aliphatic rings. The van der Waals surface area contributed by atoms with Crippen LogP contribution in [0, 0.1) is 31.0 Å². The summed E-state index contributed by atoms with van der Waals surface area (Å²) in [4.78, 5) is 4.35. The number of aromatic nitrogens is 1. The summed E-state index contributed by atoms with van der Waals surface area (Å²) >= 11 is 0. The highest BCUT2D eigenvalue weighted by atomic mass is 19.1. The number of aryl methyl sites for hydroxylation is 1. The van der Waals surface area contributed by atoms with Crippen molar-refractivity contribution in [3.05, 3.63) is 88.0 Å². The Morgan fingerprint density at radius 3 is 2.50 bits per heavy atom. The molecule has 1 aromatic heterocycles. The number of hydrogen-bond acceptors (Lipinski definition) is 5. The van der Waals surface area contributed by atoms with Gasteiger partial charge in [0.15, 0.2) is 29.8 Å². The van der Waals surface area contributed by atoms with Gasteiger partial charge in [0.2, 0.25) is 0 Å². The van der Waals surface area contributed by atoms with E-state index < -0.39 is 0 Å². The molecule has 0 radical (unpaired) electrons. The molecule has 0 saturated heterocycles. The molecule has 0 unspecified atom stereocenters. The lowest BCUT2D eigenvalue weighted by molar-refractivity contribution is 0.0506. The molecule has 5 nitrogen and oxygen atoms in total. The average molecular weight is 406 g/mol. The highest BCUT2D eigenvalue weighted by molar-refractivity contribution is 5.45. The van der Waals surface area contributed by atoms with Crippen LogP contribution >= 0.6 is 0 Å². The molecule has 1 heterocycles. The van der Waals surface area contributed by atoms with Crippen LogP contribution in [0.5, 0.6) is 11.5 Å². The Kier molecular flexibility index (Phi) is 6.99. The van der Waals surface area contributed by atoms with Gasteiger partial charge in [-0.2, -0.15) is 5.26 Å². The number of halogens is 1. The molecule has 3 rings (SSSR count). The summed E-state index contributed by atoms with van der Waals surface area (Å²) in [6.45, 7) is 3.97. The molecular weight excluding hydrogens is 383 g/mol. The summed E-state index contributed by atoms with van der Waals surface area (Å²) in [7, 11) is 1.50. The molecule has 0 saturated carbocycles. The van der Waals surface area contributed by atoms with Crippen LogP contribution in [0.15, 0.2) is 48.5 Å². The lowest BCUT2D eigenvalue weighted by atomic mass is 9.97. The Hall–Kier alpha value is -3.43. The van der Waals surface area contributed by atoms with Gasteiger partial charge in [0.1, 0.15) is 12.7 Å². The quantitative estimate of drug-likeness (QED) is 0.500. The van der Waals surface area contributed by atoms with Crippen molar-refractivity contribution in [3.8, 4) is 17.6 Å². The maximum atomic E-state index is 15.0. The highest BCUT2D eigenvalue weighted by Crippen LogP contribution is 2.29. The summed E-state index contributed by atoms with van der Waals surface area (Å²) in [5.74, 6) is 0.200. The van der Waals surface area contributed by atoms with Crippen LogP contribution in [0.2, 0.25) is 0 Å². The van der Waals surface area contributed by atoms with Gasteiger partial charge in [-0.3, -0.25) is 0 Å².